The highest BCUT2D eigenvalue weighted by molar-refractivity contribution is 5.90. The molecule has 2 nitrogen and oxygen atoms in total. The maximum absolute atomic E-state index is 13.6. The molecule has 2 rings (SSSR count). The molecule has 0 heterocycles. The summed E-state index contributed by atoms with van der Waals surface area (Å²) in [7, 11) is 0.990. The number of carbonyl (C=O) groups is 1. The topological polar surface area (TPSA) is 26.3 Å². The van der Waals surface area contributed by atoms with Gasteiger partial charge in [0.25, 0.3) is 0 Å². The lowest BCUT2D eigenvalue weighted by Gasteiger charge is -2.14. The van der Waals surface area contributed by atoms with E-state index in [-0.39, 0.29) is 11.5 Å². The monoisotopic (exact) mass is 262 g/mol. The van der Waals surface area contributed by atoms with Crippen LogP contribution in [0.3, 0.4) is 0 Å². The number of ether oxygens (including phenoxy) is 1. The summed E-state index contributed by atoms with van der Waals surface area (Å²) in [4.78, 5) is 11.2. The molecule has 0 saturated heterocycles. The molecular formula is C12H10F4O2. The first-order valence-electron chi connectivity index (χ1n) is 5.33. The van der Waals surface area contributed by atoms with Crippen molar-refractivity contribution in [3.05, 3.63) is 34.6 Å². The number of rotatable bonds is 2. The fraction of sp³-hybridized carbons (Fsp3) is 0.417. The van der Waals surface area contributed by atoms with Crippen molar-refractivity contribution in [1.82, 2.24) is 0 Å². The molecule has 0 aromatic heterocycles. The van der Waals surface area contributed by atoms with E-state index in [9.17, 15) is 22.4 Å². The zero-order valence-corrected chi connectivity index (χ0v) is 9.47. The number of hydrogen-bond acceptors (Lipinski definition) is 2. The van der Waals surface area contributed by atoms with E-state index in [0.717, 1.165) is 13.2 Å². The van der Waals surface area contributed by atoms with Gasteiger partial charge in [-0.2, -0.15) is 13.2 Å². The number of methoxy groups -OCH3 is 1. The molecule has 98 valence electrons. The van der Waals surface area contributed by atoms with Crippen LogP contribution in [0.25, 0.3) is 0 Å². The summed E-state index contributed by atoms with van der Waals surface area (Å²) in [6.07, 6.45) is -3.38. The summed E-state index contributed by atoms with van der Waals surface area (Å²) < 4.78 is 56.4. The van der Waals surface area contributed by atoms with E-state index >= 15 is 0 Å². The van der Waals surface area contributed by atoms with Gasteiger partial charge in [-0.1, -0.05) is 0 Å². The van der Waals surface area contributed by atoms with E-state index in [1.165, 1.54) is 0 Å². The molecule has 0 bridgehead atoms. The molecule has 1 aliphatic rings. The van der Waals surface area contributed by atoms with Gasteiger partial charge in [-0.25, -0.2) is 9.18 Å². The molecule has 0 atom stereocenters. The number of alkyl halides is 3. The van der Waals surface area contributed by atoms with Crippen LogP contribution in [0.2, 0.25) is 0 Å². The average Bonchev–Trinajstić information content (AvgIpc) is 3.09. The summed E-state index contributed by atoms with van der Waals surface area (Å²) in [5, 5.41) is 0. The van der Waals surface area contributed by atoms with Gasteiger partial charge in [0.15, 0.2) is 0 Å². The first-order chi connectivity index (χ1) is 8.34. The highest BCUT2D eigenvalue weighted by Gasteiger charge is 2.39. The van der Waals surface area contributed by atoms with Gasteiger partial charge in [-0.3, -0.25) is 0 Å². The second kappa shape index (κ2) is 4.26. The van der Waals surface area contributed by atoms with Crippen LogP contribution in [0.1, 0.15) is 40.2 Å². The van der Waals surface area contributed by atoms with Crippen molar-refractivity contribution in [2.75, 3.05) is 7.11 Å². The number of esters is 1. The predicted molar refractivity (Wildman–Crippen MR) is 54.7 cm³/mol. The van der Waals surface area contributed by atoms with Crippen LogP contribution in [0.15, 0.2) is 12.1 Å². The Balaban J connectivity index is 2.57. The molecule has 0 aliphatic heterocycles. The Morgan fingerprint density at radius 2 is 1.94 bits per heavy atom. The van der Waals surface area contributed by atoms with E-state index in [1.807, 2.05) is 0 Å². The van der Waals surface area contributed by atoms with Gasteiger partial charge in [0.2, 0.25) is 0 Å². The lowest BCUT2D eigenvalue weighted by atomic mass is 9.99. The van der Waals surface area contributed by atoms with Gasteiger partial charge < -0.3 is 4.74 Å². The largest absolute Gasteiger partial charge is 0.465 e. The quantitative estimate of drug-likeness (QED) is 0.602. The van der Waals surface area contributed by atoms with Crippen molar-refractivity contribution in [2.24, 2.45) is 0 Å². The summed E-state index contributed by atoms with van der Waals surface area (Å²) >= 11 is 0. The van der Waals surface area contributed by atoms with Gasteiger partial charge in [0.05, 0.1) is 18.2 Å². The molecule has 1 aromatic carbocycles. The van der Waals surface area contributed by atoms with Crippen LogP contribution in [0, 0.1) is 5.82 Å². The maximum atomic E-state index is 13.6. The molecule has 1 saturated carbocycles. The van der Waals surface area contributed by atoms with Crippen molar-refractivity contribution in [2.45, 2.75) is 24.9 Å². The second-order valence-electron chi connectivity index (χ2n) is 4.18. The van der Waals surface area contributed by atoms with Gasteiger partial charge in [-0.05, 0) is 36.5 Å². The van der Waals surface area contributed by atoms with Crippen LogP contribution >= 0.6 is 0 Å². The average molecular weight is 262 g/mol. The van der Waals surface area contributed by atoms with E-state index in [2.05, 4.69) is 4.74 Å². The summed E-state index contributed by atoms with van der Waals surface area (Å²) in [6, 6.07) is 1.33. The van der Waals surface area contributed by atoms with Crippen molar-refractivity contribution >= 4 is 5.97 Å². The number of halogens is 4. The van der Waals surface area contributed by atoms with Crippen LogP contribution in [0.4, 0.5) is 17.6 Å². The minimum atomic E-state index is -4.60. The number of benzene rings is 1. The van der Waals surface area contributed by atoms with Crippen molar-refractivity contribution < 1.29 is 27.1 Å². The Morgan fingerprint density at radius 1 is 1.33 bits per heavy atom. The molecule has 1 aliphatic carbocycles. The van der Waals surface area contributed by atoms with Gasteiger partial charge in [0.1, 0.15) is 5.82 Å². The van der Waals surface area contributed by atoms with Crippen LogP contribution in [-0.4, -0.2) is 13.1 Å². The highest BCUT2D eigenvalue weighted by atomic mass is 19.4. The zero-order valence-electron chi connectivity index (χ0n) is 9.47. The van der Waals surface area contributed by atoms with E-state index in [4.69, 9.17) is 0 Å². The summed E-state index contributed by atoms with van der Waals surface area (Å²) in [6.45, 7) is 0. The fourth-order valence-corrected chi connectivity index (χ4v) is 1.83. The van der Waals surface area contributed by atoms with Gasteiger partial charge in [-0.15, -0.1) is 0 Å². The second-order valence-corrected chi connectivity index (χ2v) is 4.18. The van der Waals surface area contributed by atoms with Crippen molar-refractivity contribution in [1.29, 1.82) is 0 Å². The molecule has 1 aromatic rings. The standard InChI is InChI=1S/C12H10F4O2/c1-18-11(17)8-4-9(12(14,15)16)7(5-10(8)13)6-2-3-6/h4-6H,2-3H2,1H3. The lowest BCUT2D eigenvalue weighted by molar-refractivity contribution is -0.138. The Kier molecular flexibility index (Phi) is 3.04. The third-order valence-electron chi connectivity index (χ3n) is 2.87. The Bertz CT molecular complexity index is 490. The zero-order chi connectivity index (χ0) is 13.5. The molecule has 0 unspecified atom stereocenters. The highest BCUT2D eigenvalue weighted by Crippen LogP contribution is 2.46. The predicted octanol–water partition coefficient (Wildman–Crippen LogP) is 3.51. The Morgan fingerprint density at radius 3 is 2.39 bits per heavy atom. The summed E-state index contributed by atoms with van der Waals surface area (Å²) in [5.41, 5.74) is -1.71. The number of hydrogen-bond donors (Lipinski definition) is 0. The Labute approximate surface area is 101 Å². The minimum Gasteiger partial charge on any atom is -0.465 e. The third-order valence-corrected chi connectivity index (χ3v) is 2.87. The first kappa shape index (κ1) is 12.9. The fourth-order valence-electron chi connectivity index (χ4n) is 1.83. The molecular weight excluding hydrogens is 252 g/mol. The van der Waals surface area contributed by atoms with Gasteiger partial charge in [0, 0.05) is 0 Å². The summed E-state index contributed by atoms with van der Waals surface area (Å²) in [5.74, 6) is -2.35. The van der Waals surface area contributed by atoms with Crippen LogP contribution in [0.5, 0.6) is 0 Å². The molecule has 0 radical (unpaired) electrons. The lowest BCUT2D eigenvalue weighted by Crippen LogP contribution is -2.13. The molecule has 0 N–H and O–H groups in total. The molecule has 18 heavy (non-hydrogen) atoms. The van der Waals surface area contributed by atoms with E-state index < -0.39 is 29.1 Å². The first-order valence-corrected chi connectivity index (χ1v) is 5.33. The van der Waals surface area contributed by atoms with E-state index in [1.54, 1.807) is 0 Å². The van der Waals surface area contributed by atoms with Crippen molar-refractivity contribution in [3.8, 4) is 0 Å². The maximum Gasteiger partial charge on any atom is 0.416 e. The van der Waals surface area contributed by atoms with E-state index in [0.29, 0.717) is 18.9 Å². The minimum absolute atomic E-state index is 0.0762. The van der Waals surface area contributed by atoms with Crippen LogP contribution in [-0.2, 0) is 10.9 Å². The number of carbonyl (C=O) groups excluding carboxylic acids is 1. The van der Waals surface area contributed by atoms with Crippen LogP contribution < -0.4 is 0 Å². The normalized spacial score (nSPS) is 15.6. The molecule has 1 fully saturated rings. The van der Waals surface area contributed by atoms with Gasteiger partial charge >= 0.3 is 12.1 Å². The molecule has 6 heteroatoms. The third kappa shape index (κ3) is 2.32. The SMILES string of the molecule is COC(=O)c1cc(C(F)(F)F)c(C2CC2)cc1F. The smallest absolute Gasteiger partial charge is 0.416 e. The molecule has 0 spiro atoms. The van der Waals surface area contributed by atoms with Crippen molar-refractivity contribution in [3.63, 3.8) is 0 Å². The Hall–Kier alpha value is -1.59. The molecule has 0 amide bonds.